The second kappa shape index (κ2) is 4.94. The predicted octanol–water partition coefficient (Wildman–Crippen LogP) is 2.40. The number of amides is 1. The highest BCUT2D eigenvalue weighted by atomic mass is 35.5. The Bertz CT molecular complexity index is 519. The van der Waals surface area contributed by atoms with Crippen LogP contribution < -0.4 is 4.90 Å². The molecule has 18 heavy (non-hydrogen) atoms. The molecule has 0 N–H and O–H groups in total. The maximum Gasteiger partial charge on any atom is 0.284 e. The number of alkyl halides is 1. The summed E-state index contributed by atoms with van der Waals surface area (Å²) >= 11 is 5.91. The zero-order valence-corrected chi connectivity index (χ0v) is 10.7. The fraction of sp³-hybridized carbons (Fsp3) is 0.333. The Morgan fingerprint density at radius 2 is 2.28 bits per heavy atom. The van der Waals surface area contributed by atoms with E-state index < -0.39 is 12.2 Å². The molecule has 1 aliphatic rings. The molecule has 1 heterocycles. The van der Waals surface area contributed by atoms with Gasteiger partial charge in [0.15, 0.2) is 0 Å². The summed E-state index contributed by atoms with van der Waals surface area (Å²) in [5, 5.41) is 0.472. The lowest BCUT2D eigenvalue weighted by Gasteiger charge is -2.18. The van der Waals surface area contributed by atoms with Crippen LogP contribution in [0.4, 0.5) is 10.1 Å². The maximum atomic E-state index is 13.6. The van der Waals surface area contributed by atoms with E-state index in [4.69, 9.17) is 16.3 Å². The Morgan fingerprint density at radius 1 is 1.56 bits per heavy atom. The molecule has 6 heteroatoms. The van der Waals surface area contributed by atoms with E-state index in [-0.39, 0.29) is 5.90 Å². The molecule has 0 bridgehead atoms. The van der Waals surface area contributed by atoms with Gasteiger partial charge in [0.05, 0.1) is 17.9 Å². The lowest BCUT2D eigenvalue weighted by atomic mass is 10.1. The van der Waals surface area contributed by atoms with E-state index in [0.717, 1.165) is 0 Å². The third kappa shape index (κ3) is 2.18. The second-order valence-corrected chi connectivity index (χ2v) is 4.20. The topological polar surface area (TPSA) is 41.9 Å². The summed E-state index contributed by atoms with van der Waals surface area (Å²) in [7, 11) is 1.49. The van der Waals surface area contributed by atoms with E-state index in [0.29, 0.717) is 22.9 Å². The molecule has 1 aromatic rings. The molecule has 0 saturated heterocycles. The van der Waals surface area contributed by atoms with Crippen LogP contribution in [0.15, 0.2) is 23.2 Å². The Balaban J connectivity index is 2.60. The molecule has 96 valence electrons. The molecule has 0 spiro atoms. The van der Waals surface area contributed by atoms with Crippen molar-refractivity contribution in [3.63, 3.8) is 0 Å². The quantitative estimate of drug-likeness (QED) is 0.736. The van der Waals surface area contributed by atoms with Gasteiger partial charge < -0.3 is 9.64 Å². The minimum atomic E-state index is -1.96. The monoisotopic (exact) mass is 270 g/mol. The molecule has 1 unspecified atom stereocenters. The summed E-state index contributed by atoms with van der Waals surface area (Å²) in [6.45, 7) is 2.09. The summed E-state index contributed by atoms with van der Waals surface area (Å²) in [6, 6.07) is 4.88. The summed E-state index contributed by atoms with van der Waals surface area (Å²) in [5.41, 5.74) is 1.04. The maximum absolute atomic E-state index is 13.6. The van der Waals surface area contributed by atoms with Gasteiger partial charge in [-0.2, -0.15) is 0 Å². The van der Waals surface area contributed by atoms with Crippen molar-refractivity contribution in [1.29, 1.82) is 0 Å². The van der Waals surface area contributed by atoms with E-state index in [1.807, 2.05) is 0 Å². The molecule has 1 atom stereocenters. The molecule has 4 nitrogen and oxygen atoms in total. The molecule has 0 aliphatic carbocycles. The fourth-order valence-corrected chi connectivity index (χ4v) is 1.90. The van der Waals surface area contributed by atoms with Crippen molar-refractivity contribution < 1.29 is 13.9 Å². The van der Waals surface area contributed by atoms with E-state index in [1.54, 1.807) is 25.1 Å². The number of rotatable bonds is 1. The van der Waals surface area contributed by atoms with E-state index in [1.165, 1.54) is 11.9 Å². The third-order valence-electron chi connectivity index (χ3n) is 2.60. The number of hydrogen-bond donors (Lipinski definition) is 0. The SMILES string of the molecule is CCOC1=NC(F)C(=O)N(C)c2ccc(Cl)cc21. The molecule has 0 aromatic heterocycles. The first-order valence-corrected chi connectivity index (χ1v) is 5.84. The van der Waals surface area contributed by atoms with Crippen LogP contribution in [0.2, 0.25) is 5.02 Å². The predicted molar refractivity (Wildman–Crippen MR) is 67.9 cm³/mol. The number of halogens is 2. The van der Waals surface area contributed by atoms with Gasteiger partial charge in [0.2, 0.25) is 5.90 Å². The van der Waals surface area contributed by atoms with Crippen molar-refractivity contribution in [2.45, 2.75) is 13.2 Å². The van der Waals surface area contributed by atoms with Crippen molar-refractivity contribution in [3.05, 3.63) is 28.8 Å². The number of benzene rings is 1. The number of ether oxygens (including phenoxy) is 1. The molecule has 0 saturated carbocycles. The Kier molecular flexibility index (Phi) is 3.52. The fourth-order valence-electron chi connectivity index (χ4n) is 1.73. The highest BCUT2D eigenvalue weighted by Crippen LogP contribution is 2.28. The van der Waals surface area contributed by atoms with Crippen LogP contribution in [0.25, 0.3) is 0 Å². The lowest BCUT2D eigenvalue weighted by molar-refractivity contribution is -0.122. The zero-order chi connectivity index (χ0) is 13.3. The van der Waals surface area contributed by atoms with Gasteiger partial charge in [0, 0.05) is 12.1 Å². The number of fused-ring (bicyclic) bond motifs is 1. The van der Waals surface area contributed by atoms with Gasteiger partial charge in [-0.05, 0) is 25.1 Å². The Hall–Kier alpha value is -1.62. The van der Waals surface area contributed by atoms with E-state index >= 15 is 0 Å². The second-order valence-electron chi connectivity index (χ2n) is 3.76. The number of anilines is 1. The van der Waals surface area contributed by atoms with E-state index in [2.05, 4.69) is 4.99 Å². The van der Waals surface area contributed by atoms with Crippen LogP contribution in [0.5, 0.6) is 0 Å². The van der Waals surface area contributed by atoms with Gasteiger partial charge in [-0.1, -0.05) is 11.6 Å². The zero-order valence-electron chi connectivity index (χ0n) is 9.98. The Labute approximate surface area is 109 Å². The van der Waals surface area contributed by atoms with Crippen molar-refractivity contribution in [3.8, 4) is 0 Å². The van der Waals surface area contributed by atoms with Gasteiger partial charge in [0.1, 0.15) is 0 Å². The summed E-state index contributed by atoms with van der Waals surface area (Å²) in [4.78, 5) is 16.6. The van der Waals surface area contributed by atoms with E-state index in [9.17, 15) is 9.18 Å². The number of likely N-dealkylation sites (N-methyl/N-ethyl adjacent to an activating group) is 1. The van der Waals surface area contributed by atoms with Crippen molar-refractivity contribution >= 4 is 29.1 Å². The van der Waals surface area contributed by atoms with Crippen molar-refractivity contribution in [1.82, 2.24) is 0 Å². The highest BCUT2D eigenvalue weighted by Gasteiger charge is 2.30. The van der Waals surface area contributed by atoms with Gasteiger partial charge in [-0.25, -0.2) is 9.38 Å². The van der Waals surface area contributed by atoms with Crippen LogP contribution >= 0.6 is 11.6 Å². The summed E-state index contributed by atoms with van der Waals surface area (Å²) < 4.78 is 18.9. The average Bonchev–Trinajstić information content (AvgIpc) is 2.43. The number of aliphatic imine (C=N–C) groups is 1. The number of hydrogen-bond acceptors (Lipinski definition) is 3. The lowest BCUT2D eigenvalue weighted by Crippen LogP contribution is -2.32. The van der Waals surface area contributed by atoms with Crippen LogP contribution in [-0.2, 0) is 9.53 Å². The average molecular weight is 271 g/mol. The number of carbonyl (C=O) groups is 1. The summed E-state index contributed by atoms with van der Waals surface area (Å²) in [6.07, 6.45) is -1.96. The molecule has 1 aromatic carbocycles. The van der Waals surface area contributed by atoms with Crippen LogP contribution in [-0.4, -0.2) is 31.8 Å². The first-order chi connectivity index (χ1) is 8.54. The normalized spacial score (nSPS) is 19.1. The molecule has 1 aliphatic heterocycles. The minimum absolute atomic E-state index is 0.0974. The van der Waals surface area contributed by atoms with Crippen LogP contribution in [0, 0.1) is 0 Å². The number of carbonyl (C=O) groups excluding carboxylic acids is 1. The smallest absolute Gasteiger partial charge is 0.284 e. The molecule has 0 fully saturated rings. The largest absolute Gasteiger partial charge is 0.478 e. The van der Waals surface area contributed by atoms with Gasteiger partial charge in [-0.15, -0.1) is 0 Å². The van der Waals surface area contributed by atoms with Gasteiger partial charge >= 0.3 is 0 Å². The van der Waals surface area contributed by atoms with Gasteiger partial charge in [0.25, 0.3) is 12.2 Å². The number of benzodiazepines with no additional fused rings is 1. The molecular formula is C12H12ClFN2O2. The first-order valence-electron chi connectivity index (χ1n) is 5.46. The molecule has 0 radical (unpaired) electrons. The number of nitrogens with zero attached hydrogens (tertiary/aromatic N) is 2. The standard InChI is InChI=1S/C12H12ClFN2O2/c1-3-18-11-8-6-7(13)4-5-9(8)16(2)12(17)10(14)15-11/h4-6,10H,3H2,1-2H3. The highest BCUT2D eigenvalue weighted by molar-refractivity contribution is 6.31. The molecule has 1 amide bonds. The minimum Gasteiger partial charge on any atom is -0.478 e. The van der Waals surface area contributed by atoms with Crippen LogP contribution in [0.1, 0.15) is 12.5 Å². The van der Waals surface area contributed by atoms with Crippen molar-refractivity contribution in [2.75, 3.05) is 18.6 Å². The first kappa shape index (κ1) is 12.8. The molecular weight excluding hydrogens is 259 g/mol. The Morgan fingerprint density at radius 3 is 2.94 bits per heavy atom. The third-order valence-corrected chi connectivity index (χ3v) is 2.83. The molecule has 2 rings (SSSR count). The van der Waals surface area contributed by atoms with Crippen molar-refractivity contribution in [2.24, 2.45) is 4.99 Å². The van der Waals surface area contributed by atoms with Crippen LogP contribution in [0.3, 0.4) is 0 Å². The summed E-state index contributed by atoms with van der Waals surface area (Å²) in [5.74, 6) is -0.631. The van der Waals surface area contributed by atoms with Gasteiger partial charge in [-0.3, -0.25) is 4.79 Å².